The van der Waals surface area contributed by atoms with Crippen LogP contribution in [0.2, 0.25) is 0 Å². The van der Waals surface area contributed by atoms with Crippen LogP contribution in [-0.4, -0.2) is 34.5 Å². The number of aromatic nitrogens is 2. The minimum Gasteiger partial charge on any atom is -0.383 e. The molecule has 0 unspecified atom stereocenters. The summed E-state index contributed by atoms with van der Waals surface area (Å²) in [6.07, 6.45) is 13.4. The molecule has 3 rings (SSSR count). The molecule has 26 heavy (non-hydrogen) atoms. The third kappa shape index (κ3) is 4.85. The number of nitrogen functional groups attached to an aromatic ring is 1. The van der Waals surface area contributed by atoms with E-state index in [-0.39, 0.29) is 0 Å². The molecule has 0 amide bonds. The van der Waals surface area contributed by atoms with Gasteiger partial charge in [0.15, 0.2) is 0 Å². The molecule has 144 valence electrons. The molecule has 0 atom stereocenters. The van der Waals surface area contributed by atoms with Gasteiger partial charge in [0.1, 0.15) is 11.6 Å². The van der Waals surface area contributed by atoms with Crippen molar-refractivity contribution < 1.29 is 0 Å². The molecule has 0 bridgehead atoms. The topological polar surface area (TPSA) is 55.0 Å². The Labute approximate surface area is 159 Å². The minimum atomic E-state index is 0.708. The maximum atomic E-state index is 6.25. The van der Waals surface area contributed by atoms with Gasteiger partial charge in [0.05, 0.1) is 5.69 Å². The highest BCUT2D eigenvalue weighted by Crippen LogP contribution is 2.37. The molecule has 2 aliphatic rings. The number of unbranched alkanes of at least 4 members (excludes halogenated alkanes) is 2. The fraction of sp³-hybridized carbons (Fsp3) is 0.727. The summed E-state index contributed by atoms with van der Waals surface area (Å²) in [7, 11) is 0. The largest absolute Gasteiger partial charge is 0.383 e. The van der Waals surface area contributed by atoms with Crippen LogP contribution in [0.25, 0.3) is 5.57 Å². The Hall–Kier alpha value is -1.42. The molecule has 1 aliphatic carbocycles. The van der Waals surface area contributed by atoms with Crippen LogP contribution in [0.15, 0.2) is 5.57 Å². The summed E-state index contributed by atoms with van der Waals surface area (Å²) in [5.74, 6) is 1.64. The molecule has 0 saturated carbocycles. The average molecular weight is 357 g/mol. The lowest BCUT2D eigenvalue weighted by molar-refractivity contribution is 0.279. The van der Waals surface area contributed by atoms with Gasteiger partial charge in [-0.1, -0.05) is 31.8 Å². The van der Waals surface area contributed by atoms with E-state index in [0.717, 1.165) is 37.2 Å². The zero-order chi connectivity index (χ0) is 18.4. The smallest absolute Gasteiger partial charge is 0.131 e. The molecule has 0 spiro atoms. The molecule has 1 aliphatic heterocycles. The van der Waals surface area contributed by atoms with Gasteiger partial charge in [-0.15, -0.1) is 0 Å². The highest BCUT2D eigenvalue weighted by Gasteiger charge is 2.24. The first-order chi connectivity index (χ1) is 12.7. The fourth-order valence-electron chi connectivity index (χ4n) is 4.32. The highest BCUT2D eigenvalue weighted by atomic mass is 15.1. The minimum absolute atomic E-state index is 0.708. The zero-order valence-electron chi connectivity index (χ0n) is 16.8. The van der Waals surface area contributed by atoms with Gasteiger partial charge in [-0.05, 0) is 77.1 Å². The van der Waals surface area contributed by atoms with Crippen molar-refractivity contribution in [3.05, 3.63) is 22.7 Å². The number of nitrogens with two attached hydrogens (primary N) is 1. The summed E-state index contributed by atoms with van der Waals surface area (Å²) in [4.78, 5) is 12.1. The van der Waals surface area contributed by atoms with E-state index in [0.29, 0.717) is 5.82 Å². The monoisotopic (exact) mass is 356 g/mol. The first kappa shape index (κ1) is 19.3. The number of fused-ring (bicyclic) bond motifs is 1. The van der Waals surface area contributed by atoms with Gasteiger partial charge in [-0.25, -0.2) is 9.97 Å². The highest BCUT2D eigenvalue weighted by molar-refractivity contribution is 5.76. The van der Waals surface area contributed by atoms with Crippen LogP contribution >= 0.6 is 0 Å². The molecule has 4 heteroatoms. The zero-order valence-corrected chi connectivity index (χ0v) is 16.8. The van der Waals surface area contributed by atoms with E-state index in [1.807, 2.05) is 0 Å². The molecular formula is C22H36N4. The maximum Gasteiger partial charge on any atom is 0.131 e. The van der Waals surface area contributed by atoms with E-state index < -0.39 is 0 Å². The van der Waals surface area contributed by atoms with Crippen LogP contribution in [0.4, 0.5) is 5.82 Å². The van der Waals surface area contributed by atoms with Crippen molar-refractivity contribution >= 4 is 11.4 Å². The van der Waals surface area contributed by atoms with Gasteiger partial charge >= 0.3 is 0 Å². The molecule has 1 saturated heterocycles. The number of aryl methyl sites for hydroxylation is 1. The summed E-state index contributed by atoms with van der Waals surface area (Å²) in [6, 6.07) is 0. The number of rotatable bonds is 8. The number of hydrogen-bond acceptors (Lipinski definition) is 4. The second-order valence-corrected chi connectivity index (χ2v) is 8.10. The number of anilines is 1. The van der Waals surface area contributed by atoms with Crippen LogP contribution in [0.3, 0.4) is 0 Å². The van der Waals surface area contributed by atoms with E-state index >= 15 is 0 Å². The molecule has 1 aromatic rings. The van der Waals surface area contributed by atoms with Gasteiger partial charge in [-0.3, -0.25) is 0 Å². The Bertz CT molecular complexity index is 627. The molecule has 2 N–H and O–H groups in total. The lowest BCUT2D eigenvalue weighted by Crippen LogP contribution is -2.25. The lowest BCUT2D eigenvalue weighted by atomic mass is 10.0. The first-order valence-electron chi connectivity index (χ1n) is 10.8. The standard InChI is InChI=1S/C22H36N4/c1-3-4-12-20-24-21-18(17(2)16-19(21)22(23)25-20)11-7-10-15-26-13-8-5-6-9-14-26/h3-16H2,1-2H3,(H2,23,24,25). The number of nitrogens with zero attached hydrogens (tertiary/aromatic N) is 3. The van der Waals surface area contributed by atoms with Crippen molar-refractivity contribution in [2.75, 3.05) is 25.4 Å². The fourth-order valence-corrected chi connectivity index (χ4v) is 4.32. The van der Waals surface area contributed by atoms with Gasteiger partial charge < -0.3 is 10.6 Å². The van der Waals surface area contributed by atoms with E-state index in [1.165, 1.54) is 81.3 Å². The lowest BCUT2D eigenvalue weighted by Gasteiger charge is -2.19. The van der Waals surface area contributed by atoms with Crippen molar-refractivity contribution in [3.8, 4) is 0 Å². The van der Waals surface area contributed by atoms with E-state index in [9.17, 15) is 0 Å². The molecule has 2 heterocycles. The molecule has 4 nitrogen and oxygen atoms in total. The summed E-state index contributed by atoms with van der Waals surface area (Å²) < 4.78 is 0. The van der Waals surface area contributed by atoms with Crippen molar-refractivity contribution in [1.29, 1.82) is 0 Å². The van der Waals surface area contributed by atoms with Gasteiger partial charge in [-0.2, -0.15) is 0 Å². The third-order valence-electron chi connectivity index (χ3n) is 5.93. The van der Waals surface area contributed by atoms with Gasteiger partial charge in [0.2, 0.25) is 0 Å². The van der Waals surface area contributed by atoms with Crippen molar-refractivity contribution in [1.82, 2.24) is 14.9 Å². The number of likely N-dealkylation sites (tertiary alicyclic amines) is 1. The predicted octanol–water partition coefficient (Wildman–Crippen LogP) is 4.78. The van der Waals surface area contributed by atoms with Crippen LogP contribution in [-0.2, 0) is 12.8 Å². The van der Waals surface area contributed by atoms with E-state index in [1.54, 1.807) is 0 Å². The first-order valence-corrected chi connectivity index (χ1v) is 10.8. The van der Waals surface area contributed by atoms with Crippen molar-refractivity contribution in [2.45, 2.75) is 84.5 Å². The Balaban J connectivity index is 1.57. The summed E-state index contributed by atoms with van der Waals surface area (Å²) in [6.45, 7) is 8.31. The molecule has 1 aromatic heterocycles. The SMILES string of the molecule is CCCCc1nc(N)c2c(n1)C(CCCCN1CCCCCC1)=C(C)C2. The predicted molar refractivity (Wildman–Crippen MR) is 110 cm³/mol. The molecular weight excluding hydrogens is 320 g/mol. The molecule has 0 radical (unpaired) electrons. The van der Waals surface area contributed by atoms with E-state index in [2.05, 4.69) is 23.7 Å². The Morgan fingerprint density at radius 3 is 2.46 bits per heavy atom. The Morgan fingerprint density at radius 2 is 1.73 bits per heavy atom. The van der Waals surface area contributed by atoms with Crippen LogP contribution < -0.4 is 5.73 Å². The third-order valence-corrected chi connectivity index (χ3v) is 5.93. The molecule has 0 aromatic carbocycles. The normalized spacial score (nSPS) is 18.2. The van der Waals surface area contributed by atoms with Crippen molar-refractivity contribution in [3.63, 3.8) is 0 Å². The summed E-state index contributed by atoms with van der Waals surface area (Å²) >= 11 is 0. The number of allylic oxidation sites excluding steroid dienone is 2. The Kier molecular flexibility index (Phi) is 7.07. The maximum absolute atomic E-state index is 6.25. The van der Waals surface area contributed by atoms with Crippen molar-refractivity contribution in [2.24, 2.45) is 0 Å². The quantitative estimate of drug-likeness (QED) is 0.681. The van der Waals surface area contributed by atoms with E-state index in [4.69, 9.17) is 10.7 Å². The molecule has 1 fully saturated rings. The second kappa shape index (κ2) is 9.50. The number of hydrogen-bond donors (Lipinski definition) is 1. The van der Waals surface area contributed by atoms with Crippen LogP contribution in [0.1, 0.15) is 88.7 Å². The Morgan fingerprint density at radius 1 is 0.962 bits per heavy atom. The van der Waals surface area contributed by atoms with Gasteiger partial charge in [0, 0.05) is 12.0 Å². The summed E-state index contributed by atoms with van der Waals surface area (Å²) in [5.41, 5.74) is 11.5. The average Bonchev–Trinajstić information content (AvgIpc) is 2.80. The van der Waals surface area contributed by atoms with Crippen LogP contribution in [0.5, 0.6) is 0 Å². The second-order valence-electron chi connectivity index (χ2n) is 8.10. The van der Waals surface area contributed by atoms with Gasteiger partial charge in [0.25, 0.3) is 0 Å². The van der Waals surface area contributed by atoms with Crippen LogP contribution in [0, 0.1) is 0 Å². The summed E-state index contributed by atoms with van der Waals surface area (Å²) in [5, 5.41) is 0.